The first-order valence-electron chi connectivity index (χ1n) is 10.0. The number of nitrogens with zero attached hydrogens (tertiary/aromatic N) is 2. The Morgan fingerprint density at radius 3 is 2.57 bits per heavy atom. The normalized spacial score (nSPS) is 28.6. The Kier molecular flexibility index (Phi) is 5.23. The van der Waals surface area contributed by atoms with Gasteiger partial charge < -0.3 is 20.3 Å². The van der Waals surface area contributed by atoms with Gasteiger partial charge in [-0.3, -0.25) is 9.59 Å². The summed E-state index contributed by atoms with van der Waals surface area (Å²) in [6.07, 6.45) is 3.69. The zero-order valence-corrected chi connectivity index (χ0v) is 15.9. The van der Waals surface area contributed by atoms with Gasteiger partial charge in [0.05, 0.1) is 19.3 Å². The summed E-state index contributed by atoms with van der Waals surface area (Å²) in [5.74, 6) is 0.169. The summed E-state index contributed by atoms with van der Waals surface area (Å²) in [6, 6.07) is 9.47. The molecule has 2 amide bonds. The number of carbonyl (C=O) groups is 2. The first-order valence-corrected chi connectivity index (χ1v) is 10.0. The van der Waals surface area contributed by atoms with Crippen LogP contribution in [0.5, 0.6) is 0 Å². The number of anilines is 1. The number of nitrogens with one attached hydrogen (secondary N) is 2. The molecule has 28 heavy (non-hydrogen) atoms. The summed E-state index contributed by atoms with van der Waals surface area (Å²) in [5, 5.41) is 14.5. The summed E-state index contributed by atoms with van der Waals surface area (Å²) in [4.78, 5) is 28.0. The summed E-state index contributed by atoms with van der Waals surface area (Å²) >= 11 is 0. The smallest absolute Gasteiger partial charge is 0.252 e. The minimum atomic E-state index is -0.889. The lowest BCUT2D eigenvalue weighted by atomic mass is 9.79. The number of carbonyl (C=O) groups excluding carboxylic acids is 2. The number of amides is 2. The van der Waals surface area contributed by atoms with Crippen LogP contribution in [0.3, 0.4) is 0 Å². The molecule has 1 saturated heterocycles. The molecule has 2 N–H and O–H groups in total. The van der Waals surface area contributed by atoms with E-state index in [1.165, 1.54) is 0 Å². The highest BCUT2D eigenvalue weighted by atomic mass is 16.5. The van der Waals surface area contributed by atoms with Crippen LogP contribution < -0.4 is 15.5 Å². The Morgan fingerprint density at radius 1 is 1.21 bits per heavy atom. The predicted octanol–water partition coefficient (Wildman–Crippen LogP) is 1.45. The third-order valence-electron chi connectivity index (χ3n) is 6.42. The van der Waals surface area contributed by atoms with Gasteiger partial charge >= 0.3 is 0 Å². The summed E-state index contributed by atoms with van der Waals surface area (Å²) in [7, 11) is 0. The number of benzene rings is 1. The fourth-order valence-electron chi connectivity index (χ4n) is 5.02. The van der Waals surface area contributed by atoms with E-state index in [1.54, 1.807) is 0 Å². The van der Waals surface area contributed by atoms with E-state index in [2.05, 4.69) is 15.5 Å². The van der Waals surface area contributed by atoms with Gasteiger partial charge in [-0.05, 0) is 61.8 Å². The first kappa shape index (κ1) is 18.8. The molecule has 1 aliphatic heterocycles. The molecule has 7 heteroatoms. The Balaban J connectivity index is 1.48. The predicted molar refractivity (Wildman–Crippen MR) is 104 cm³/mol. The Bertz CT molecular complexity index is 782. The number of nitriles is 1. The van der Waals surface area contributed by atoms with Crippen molar-refractivity contribution in [2.75, 3.05) is 37.7 Å². The lowest BCUT2D eigenvalue weighted by Crippen LogP contribution is -2.61. The Hall–Kier alpha value is -2.59. The molecule has 1 aromatic carbocycles. The quantitative estimate of drug-likeness (QED) is 0.752. The number of rotatable bonds is 5. The fraction of sp³-hybridized carbons (Fsp3) is 0.571. The molecule has 3 atom stereocenters. The molecule has 0 spiro atoms. The van der Waals surface area contributed by atoms with Crippen molar-refractivity contribution in [1.29, 1.82) is 5.26 Å². The maximum absolute atomic E-state index is 13.0. The molecule has 0 radical (unpaired) electrons. The lowest BCUT2D eigenvalue weighted by Gasteiger charge is -2.37. The average Bonchev–Trinajstić information content (AvgIpc) is 3.34. The minimum Gasteiger partial charge on any atom is -0.378 e. The van der Waals surface area contributed by atoms with E-state index >= 15 is 0 Å². The van der Waals surface area contributed by atoms with E-state index < -0.39 is 5.54 Å². The van der Waals surface area contributed by atoms with E-state index in [-0.39, 0.29) is 24.3 Å². The molecule has 1 unspecified atom stereocenters. The van der Waals surface area contributed by atoms with Gasteiger partial charge in [0.2, 0.25) is 5.91 Å². The van der Waals surface area contributed by atoms with Crippen LogP contribution in [0.15, 0.2) is 24.3 Å². The lowest BCUT2D eigenvalue weighted by molar-refractivity contribution is -0.129. The molecule has 7 nitrogen and oxygen atoms in total. The van der Waals surface area contributed by atoms with Crippen LogP contribution in [0, 0.1) is 23.2 Å². The Morgan fingerprint density at radius 2 is 1.96 bits per heavy atom. The molecule has 1 aromatic rings. The summed E-state index contributed by atoms with van der Waals surface area (Å²) < 4.78 is 5.38. The van der Waals surface area contributed by atoms with Crippen molar-refractivity contribution in [3.63, 3.8) is 0 Å². The van der Waals surface area contributed by atoms with Crippen LogP contribution in [0.2, 0.25) is 0 Å². The molecular weight excluding hydrogens is 356 g/mol. The largest absolute Gasteiger partial charge is 0.378 e. The van der Waals surface area contributed by atoms with E-state index in [0.29, 0.717) is 31.1 Å². The van der Waals surface area contributed by atoms with Crippen molar-refractivity contribution >= 4 is 17.5 Å². The maximum Gasteiger partial charge on any atom is 0.252 e. The number of hydrogen-bond acceptors (Lipinski definition) is 5. The van der Waals surface area contributed by atoms with Crippen LogP contribution >= 0.6 is 0 Å². The first-order chi connectivity index (χ1) is 13.6. The van der Waals surface area contributed by atoms with Gasteiger partial charge in [0.25, 0.3) is 5.91 Å². The minimum absolute atomic E-state index is 0.0396. The maximum atomic E-state index is 13.0. The number of morpholine rings is 1. The number of ether oxygens (including phenoxy) is 1. The second-order valence-corrected chi connectivity index (χ2v) is 7.99. The van der Waals surface area contributed by atoms with Gasteiger partial charge in [-0.1, -0.05) is 0 Å². The molecular formula is C21H26N4O3. The second kappa shape index (κ2) is 7.80. The van der Waals surface area contributed by atoms with E-state index in [9.17, 15) is 9.59 Å². The van der Waals surface area contributed by atoms with Crippen LogP contribution in [-0.2, 0) is 9.53 Å². The van der Waals surface area contributed by atoms with Crippen LogP contribution in [-0.4, -0.2) is 50.2 Å². The zero-order chi connectivity index (χ0) is 19.6. The average molecular weight is 382 g/mol. The summed E-state index contributed by atoms with van der Waals surface area (Å²) in [6.45, 7) is 3.08. The highest BCUT2D eigenvalue weighted by molar-refractivity contribution is 6.00. The van der Waals surface area contributed by atoms with Crippen molar-refractivity contribution in [1.82, 2.24) is 10.6 Å². The monoisotopic (exact) mass is 382 g/mol. The molecule has 3 aliphatic rings. The molecule has 148 valence electrons. The zero-order valence-electron chi connectivity index (χ0n) is 15.9. The van der Waals surface area contributed by atoms with Gasteiger partial charge in [0, 0.05) is 24.3 Å². The van der Waals surface area contributed by atoms with Gasteiger partial charge in [-0.15, -0.1) is 0 Å². The van der Waals surface area contributed by atoms with E-state index in [0.717, 1.165) is 38.0 Å². The highest BCUT2D eigenvalue weighted by Gasteiger charge is 2.56. The van der Waals surface area contributed by atoms with Crippen molar-refractivity contribution < 1.29 is 14.3 Å². The van der Waals surface area contributed by atoms with Gasteiger partial charge in [0.15, 0.2) is 0 Å². The van der Waals surface area contributed by atoms with Crippen LogP contribution in [0.4, 0.5) is 5.69 Å². The molecule has 0 aromatic heterocycles. The van der Waals surface area contributed by atoms with E-state index in [4.69, 9.17) is 10.00 Å². The van der Waals surface area contributed by atoms with Crippen molar-refractivity contribution in [3.8, 4) is 6.07 Å². The topological polar surface area (TPSA) is 94.5 Å². The standard InChI is InChI=1S/C21H26N4O3/c22-7-8-23-20(27)21(14-15-1-4-17(21)13-15)24-19(26)16-2-5-18(6-3-16)25-9-11-28-12-10-25/h2-3,5-6,15,17H,1,4,8-14H2,(H,23,27)(H,24,26)/t15-,17+,21?/m0/s1. The molecule has 2 bridgehead atoms. The highest BCUT2D eigenvalue weighted by Crippen LogP contribution is 2.51. The van der Waals surface area contributed by atoms with Gasteiger partial charge in [0.1, 0.15) is 12.1 Å². The fourth-order valence-corrected chi connectivity index (χ4v) is 5.02. The molecule has 4 rings (SSSR count). The number of hydrogen-bond donors (Lipinski definition) is 2. The Labute approximate surface area is 165 Å². The summed E-state index contributed by atoms with van der Waals surface area (Å²) in [5.41, 5.74) is 0.730. The molecule has 1 heterocycles. The van der Waals surface area contributed by atoms with Crippen molar-refractivity contribution in [3.05, 3.63) is 29.8 Å². The van der Waals surface area contributed by atoms with Crippen LogP contribution in [0.25, 0.3) is 0 Å². The van der Waals surface area contributed by atoms with E-state index in [1.807, 2.05) is 30.3 Å². The number of fused-ring (bicyclic) bond motifs is 2. The van der Waals surface area contributed by atoms with Crippen molar-refractivity contribution in [2.24, 2.45) is 11.8 Å². The second-order valence-electron chi connectivity index (χ2n) is 7.99. The third-order valence-corrected chi connectivity index (χ3v) is 6.42. The third kappa shape index (κ3) is 3.45. The molecule has 3 fully saturated rings. The molecule has 2 saturated carbocycles. The molecule has 2 aliphatic carbocycles. The SMILES string of the molecule is N#CCNC(=O)C1(NC(=O)c2ccc(N3CCOCC3)cc2)C[C@H]2CC[C@@H]1C2. The van der Waals surface area contributed by atoms with Crippen LogP contribution in [0.1, 0.15) is 36.0 Å². The van der Waals surface area contributed by atoms with Gasteiger partial charge in [-0.2, -0.15) is 5.26 Å². The van der Waals surface area contributed by atoms with Crippen molar-refractivity contribution in [2.45, 2.75) is 31.2 Å². The van der Waals surface area contributed by atoms with Gasteiger partial charge in [-0.25, -0.2) is 0 Å².